The summed E-state index contributed by atoms with van der Waals surface area (Å²) in [5, 5.41) is 2.73. The van der Waals surface area contributed by atoms with E-state index in [-0.39, 0.29) is 30.1 Å². The van der Waals surface area contributed by atoms with Crippen LogP contribution in [0, 0.1) is 17.9 Å². The number of piperidine rings is 2. The maximum absolute atomic E-state index is 13.6. The molecule has 0 bridgehead atoms. The molecule has 0 aromatic heterocycles. The predicted molar refractivity (Wildman–Crippen MR) is 221 cm³/mol. The number of imide groups is 2. The maximum atomic E-state index is 13.6. The highest BCUT2D eigenvalue weighted by atomic mass is 35.5. The van der Waals surface area contributed by atoms with Crippen LogP contribution in [0.3, 0.4) is 0 Å². The lowest BCUT2D eigenvalue weighted by molar-refractivity contribution is -0.136. The van der Waals surface area contributed by atoms with Gasteiger partial charge in [-0.05, 0) is 92.6 Å². The van der Waals surface area contributed by atoms with Crippen LogP contribution in [-0.4, -0.2) is 122 Å². The standard InChI is InChI=1S/C44H47ClN8O5/c1-46-37-9-7-33(25-36(37)45)51-18-14-44(27-51)15-19-52(28-44)41(56)30-2-4-31(5-3-30)50-22-20-48(21-23-50)26-29-12-16-49(17-13-29)32-6-8-34-35(24-32)43(58)53(42(34)57)38-10-11-39(54)47-40(38)55/h2-9,24-25,29,38H,10-23,26-28H2,(H,47,54,55). The number of nitrogens with zero attached hydrogens (tertiary/aromatic N) is 7. The third-order valence-corrected chi connectivity index (χ3v) is 13.7. The number of carbonyl (C=O) groups is 5. The van der Waals surface area contributed by atoms with Crippen molar-refractivity contribution in [3.05, 3.63) is 93.8 Å². The summed E-state index contributed by atoms with van der Waals surface area (Å²) in [6.45, 7) is 17.2. The Labute approximate surface area is 343 Å². The quantitative estimate of drug-likeness (QED) is 0.258. The van der Waals surface area contributed by atoms with Gasteiger partial charge >= 0.3 is 0 Å². The lowest BCUT2D eigenvalue weighted by Gasteiger charge is -2.40. The highest BCUT2D eigenvalue weighted by Gasteiger charge is 2.46. The van der Waals surface area contributed by atoms with Crippen molar-refractivity contribution < 1.29 is 24.0 Å². The average molecular weight is 803 g/mol. The predicted octanol–water partition coefficient (Wildman–Crippen LogP) is 5.07. The molecule has 0 radical (unpaired) electrons. The number of hydrogen-bond donors (Lipinski definition) is 1. The number of amides is 5. The summed E-state index contributed by atoms with van der Waals surface area (Å²) in [5.74, 6) is -1.28. The Bertz CT molecular complexity index is 2210. The molecule has 2 atom stereocenters. The van der Waals surface area contributed by atoms with Crippen molar-refractivity contribution >= 4 is 63.9 Å². The van der Waals surface area contributed by atoms with E-state index in [1.54, 1.807) is 18.2 Å². The Balaban J connectivity index is 0.725. The Morgan fingerprint density at radius 3 is 2.14 bits per heavy atom. The van der Waals surface area contributed by atoms with Crippen molar-refractivity contribution in [3.63, 3.8) is 0 Å². The molecule has 58 heavy (non-hydrogen) atoms. The number of carbonyl (C=O) groups excluding carboxylic acids is 5. The van der Waals surface area contributed by atoms with Gasteiger partial charge in [-0.25, -0.2) is 4.85 Å². The van der Waals surface area contributed by atoms with Gasteiger partial charge in [0.15, 0.2) is 0 Å². The minimum absolute atomic E-state index is 0.0782. The monoisotopic (exact) mass is 802 g/mol. The zero-order chi connectivity index (χ0) is 40.1. The molecule has 2 unspecified atom stereocenters. The van der Waals surface area contributed by atoms with Crippen LogP contribution in [0.4, 0.5) is 22.7 Å². The molecular weight excluding hydrogens is 756 g/mol. The topological polar surface area (TPSA) is 121 Å². The summed E-state index contributed by atoms with van der Waals surface area (Å²) in [6, 6.07) is 18.2. The minimum Gasteiger partial charge on any atom is -0.371 e. The van der Waals surface area contributed by atoms with E-state index >= 15 is 0 Å². The molecule has 13 nitrogen and oxygen atoms in total. The summed E-state index contributed by atoms with van der Waals surface area (Å²) >= 11 is 6.33. The number of anilines is 3. The molecule has 0 saturated carbocycles. The van der Waals surface area contributed by atoms with Crippen LogP contribution < -0.4 is 20.0 Å². The van der Waals surface area contributed by atoms with E-state index in [2.05, 4.69) is 41.9 Å². The normalized spacial score (nSPS) is 24.2. The third-order valence-electron chi connectivity index (χ3n) is 13.4. The fourth-order valence-corrected chi connectivity index (χ4v) is 10.2. The zero-order valence-electron chi connectivity index (χ0n) is 32.5. The molecule has 6 heterocycles. The van der Waals surface area contributed by atoms with Gasteiger partial charge in [0, 0.05) is 111 Å². The molecule has 3 aromatic carbocycles. The first kappa shape index (κ1) is 38.1. The first-order valence-electron chi connectivity index (χ1n) is 20.5. The van der Waals surface area contributed by atoms with Crippen molar-refractivity contribution in [2.24, 2.45) is 11.3 Å². The van der Waals surface area contributed by atoms with Crippen LogP contribution in [-0.2, 0) is 9.59 Å². The number of nitrogens with one attached hydrogen (secondary N) is 1. The lowest BCUT2D eigenvalue weighted by atomic mass is 9.86. The zero-order valence-corrected chi connectivity index (χ0v) is 33.3. The Morgan fingerprint density at radius 2 is 1.41 bits per heavy atom. The van der Waals surface area contributed by atoms with Crippen molar-refractivity contribution in [1.82, 2.24) is 20.0 Å². The molecule has 5 saturated heterocycles. The molecule has 6 aliphatic rings. The van der Waals surface area contributed by atoms with E-state index in [1.165, 1.54) is 0 Å². The van der Waals surface area contributed by atoms with Crippen LogP contribution in [0.25, 0.3) is 4.85 Å². The molecule has 3 aromatic rings. The minimum atomic E-state index is -0.966. The molecule has 300 valence electrons. The smallest absolute Gasteiger partial charge is 0.262 e. The highest BCUT2D eigenvalue weighted by Crippen LogP contribution is 2.43. The van der Waals surface area contributed by atoms with Gasteiger partial charge < -0.3 is 19.6 Å². The van der Waals surface area contributed by atoms with E-state index in [9.17, 15) is 24.0 Å². The molecule has 6 aliphatic heterocycles. The molecule has 1 spiro atoms. The Morgan fingerprint density at radius 1 is 0.741 bits per heavy atom. The van der Waals surface area contributed by atoms with Gasteiger partial charge in [0.1, 0.15) is 6.04 Å². The second-order valence-electron chi connectivity index (χ2n) is 16.8. The van der Waals surface area contributed by atoms with Gasteiger partial charge in [0.25, 0.3) is 17.7 Å². The number of rotatable bonds is 7. The summed E-state index contributed by atoms with van der Waals surface area (Å²) in [6.07, 6.45) is 4.32. The van der Waals surface area contributed by atoms with Crippen LogP contribution >= 0.6 is 11.6 Å². The van der Waals surface area contributed by atoms with Crippen molar-refractivity contribution in [2.75, 3.05) is 86.7 Å². The Hall–Kier alpha value is -5.45. The first-order valence-corrected chi connectivity index (χ1v) is 20.8. The maximum Gasteiger partial charge on any atom is 0.262 e. The van der Waals surface area contributed by atoms with Crippen LogP contribution in [0.5, 0.6) is 0 Å². The molecule has 14 heteroatoms. The number of likely N-dealkylation sites (tertiary alicyclic amines) is 1. The van der Waals surface area contributed by atoms with Gasteiger partial charge in [-0.3, -0.25) is 39.1 Å². The number of piperazine rings is 1. The molecule has 1 N–H and O–H groups in total. The van der Waals surface area contributed by atoms with Crippen molar-refractivity contribution in [1.29, 1.82) is 0 Å². The molecule has 5 fully saturated rings. The number of hydrogen-bond acceptors (Lipinski definition) is 9. The molecule has 9 rings (SSSR count). The third kappa shape index (κ3) is 7.17. The van der Waals surface area contributed by atoms with E-state index in [4.69, 9.17) is 18.2 Å². The molecular formula is C44H47ClN8O5. The van der Waals surface area contributed by atoms with E-state index in [0.29, 0.717) is 27.8 Å². The van der Waals surface area contributed by atoms with E-state index in [1.807, 2.05) is 35.2 Å². The Kier molecular flexibility index (Phi) is 10.1. The second-order valence-corrected chi connectivity index (χ2v) is 17.2. The van der Waals surface area contributed by atoms with Crippen molar-refractivity contribution in [3.8, 4) is 0 Å². The van der Waals surface area contributed by atoms with E-state index < -0.39 is 23.8 Å². The summed E-state index contributed by atoms with van der Waals surface area (Å²) in [5.41, 5.74) is 4.99. The van der Waals surface area contributed by atoms with Gasteiger partial charge in [-0.15, -0.1) is 0 Å². The summed E-state index contributed by atoms with van der Waals surface area (Å²) < 4.78 is 0. The average Bonchev–Trinajstić information content (AvgIpc) is 3.93. The SMILES string of the molecule is [C-]#[N+]c1ccc(N2CCC3(CCN(C(=O)c4ccc(N5CCN(CC6CCN(c7ccc8c(c7)C(=O)N(C7CCC(=O)NC7=O)C8=O)CC6)CC5)cc4)C3)C2)cc1Cl. The summed E-state index contributed by atoms with van der Waals surface area (Å²) in [4.78, 5) is 80.2. The van der Waals surface area contributed by atoms with E-state index in [0.717, 1.165) is 125 Å². The largest absolute Gasteiger partial charge is 0.371 e. The lowest BCUT2D eigenvalue weighted by Crippen LogP contribution is -2.54. The van der Waals surface area contributed by atoms with Crippen LogP contribution in [0.15, 0.2) is 60.7 Å². The van der Waals surface area contributed by atoms with Gasteiger partial charge in [-0.2, -0.15) is 0 Å². The van der Waals surface area contributed by atoms with Gasteiger partial charge in [-0.1, -0.05) is 17.7 Å². The summed E-state index contributed by atoms with van der Waals surface area (Å²) in [7, 11) is 0. The molecule has 0 aliphatic carbocycles. The fraction of sp³-hybridized carbons (Fsp3) is 0.455. The first-order chi connectivity index (χ1) is 28.1. The van der Waals surface area contributed by atoms with Gasteiger partial charge in [0.05, 0.1) is 17.7 Å². The number of fused-ring (bicyclic) bond motifs is 1. The van der Waals surface area contributed by atoms with Gasteiger partial charge in [0.2, 0.25) is 17.5 Å². The molecule has 5 amide bonds. The number of halogens is 1. The number of benzene rings is 3. The van der Waals surface area contributed by atoms with Crippen molar-refractivity contribution in [2.45, 2.75) is 44.6 Å². The van der Waals surface area contributed by atoms with Crippen LogP contribution in [0.2, 0.25) is 5.02 Å². The fourth-order valence-electron chi connectivity index (χ4n) is 9.96. The highest BCUT2D eigenvalue weighted by molar-refractivity contribution is 6.33. The second kappa shape index (κ2) is 15.4. The van der Waals surface area contributed by atoms with Crippen LogP contribution in [0.1, 0.15) is 69.6 Å².